The molecule has 0 spiro atoms. The van der Waals surface area contributed by atoms with Gasteiger partial charge in [0.2, 0.25) is 0 Å². The lowest BCUT2D eigenvalue weighted by Crippen LogP contribution is -2.15. The zero-order chi connectivity index (χ0) is 14.7. The van der Waals surface area contributed by atoms with E-state index in [2.05, 4.69) is 31.5 Å². The number of aromatic nitrogens is 1. The van der Waals surface area contributed by atoms with E-state index in [0.29, 0.717) is 16.5 Å². The topological polar surface area (TPSA) is 54.0 Å². The molecular weight excluding hydrogens is 365 g/mol. The standard InChI is InChI=1S/C13H10BrCl2N3O/c1-17-11-5-4-9(16)12(19-11)13(20)18-10-6-7(14)2-3-8(10)15/h2-6H,1H3,(H,17,19)(H,18,20). The van der Waals surface area contributed by atoms with Crippen LogP contribution < -0.4 is 10.6 Å². The van der Waals surface area contributed by atoms with Crippen LogP contribution in [-0.2, 0) is 0 Å². The van der Waals surface area contributed by atoms with Crippen molar-refractivity contribution in [2.45, 2.75) is 0 Å². The molecule has 0 aliphatic carbocycles. The molecule has 1 aromatic heterocycles. The highest BCUT2D eigenvalue weighted by atomic mass is 79.9. The van der Waals surface area contributed by atoms with E-state index in [1.807, 2.05) is 0 Å². The zero-order valence-corrected chi connectivity index (χ0v) is 13.5. The van der Waals surface area contributed by atoms with Gasteiger partial charge in [0, 0.05) is 11.5 Å². The van der Waals surface area contributed by atoms with Crippen molar-refractivity contribution in [1.82, 2.24) is 4.98 Å². The predicted octanol–water partition coefficient (Wildman–Crippen LogP) is 4.44. The number of carbonyl (C=O) groups is 1. The summed E-state index contributed by atoms with van der Waals surface area (Å²) in [6, 6.07) is 8.46. The van der Waals surface area contributed by atoms with Gasteiger partial charge in [0.1, 0.15) is 11.5 Å². The average Bonchev–Trinajstić information content (AvgIpc) is 2.43. The van der Waals surface area contributed by atoms with Crippen LogP contribution in [0.4, 0.5) is 11.5 Å². The third-order valence-corrected chi connectivity index (χ3v) is 3.62. The van der Waals surface area contributed by atoms with Crippen molar-refractivity contribution in [3.63, 3.8) is 0 Å². The smallest absolute Gasteiger partial charge is 0.275 e. The quantitative estimate of drug-likeness (QED) is 0.834. The normalized spacial score (nSPS) is 10.2. The van der Waals surface area contributed by atoms with E-state index in [0.717, 1.165) is 4.47 Å². The Morgan fingerprint density at radius 3 is 2.60 bits per heavy atom. The van der Waals surface area contributed by atoms with Crippen molar-refractivity contribution >= 4 is 56.5 Å². The zero-order valence-electron chi connectivity index (χ0n) is 10.4. The first kappa shape index (κ1) is 15.1. The van der Waals surface area contributed by atoms with Gasteiger partial charge in [-0.2, -0.15) is 0 Å². The van der Waals surface area contributed by atoms with Crippen LogP contribution in [0.1, 0.15) is 10.5 Å². The Bertz CT molecular complexity index is 664. The lowest BCUT2D eigenvalue weighted by Gasteiger charge is -2.09. The molecule has 0 fully saturated rings. The maximum Gasteiger partial charge on any atom is 0.275 e. The van der Waals surface area contributed by atoms with Crippen molar-refractivity contribution < 1.29 is 4.79 Å². The molecule has 104 valence electrons. The summed E-state index contributed by atoms with van der Waals surface area (Å²) in [5.41, 5.74) is 0.619. The first-order valence-electron chi connectivity index (χ1n) is 5.62. The fourth-order valence-corrected chi connectivity index (χ4v) is 2.23. The monoisotopic (exact) mass is 373 g/mol. The van der Waals surface area contributed by atoms with E-state index in [9.17, 15) is 4.79 Å². The van der Waals surface area contributed by atoms with Crippen LogP contribution in [0.2, 0.25) is 10.0 Å². The van der Waals surface area contributed by atoms with Crippen molar-refractivity contribution in [3.05, 3.63) is 50.5 Å². The molecule has 4 nitrogen and oxygen atoms in total. The maximum atomic E-state index is 12.2. The number of rotatable bonds is 3. The molecule has 20 heavy (non-hydrogen) atoms. The molecule has 1 heterocycles. The molecule has 0 radical (unpaired) electrons. The fourth-order valence-electron chi connectivity index (χ4n) is 1.52. The summed E-state index contributed by atoms with van der Waals surface area (Å²) >= 11 is 15.3. The van der Waals surface area contributed by atoms with Crippen molar-refractivity contribution in [2.24, 2.45) is 0 Å². The Balaban J connectivity index is 2.30. The molecule has 2 N–H and O–H groups in total. The van der Waals surface area contributed by atoms with Gasteiger partial charge in [-0.1, -0.05) is 39.1 Å². The number of anilines is 2. The van der Waals surface area contributed by atoms with Crippen LogP contribution in [0.15, 0.2) is 34.8 Å². The third-order valence-electron chi connectivity index (χ3n) is 2.49. The summed E-state index contributed by atoms with van der Waals surface area (Å²) in [7, 11) is 1.71. The molecule has 1 amide bonds. The lowest BCUT2D eigenvalue weighted by molar-refractivity contribution is 0.102. The summed E-state index contributed by atoms with van der Waals surface area (Å²) in [4.78, 5) is 16.3. The minimum absolute atomic E-state index is 0.134. The SMILES string of the molecule is CNc1ccc(Cl)c(C(=O)Nc2cc(Br)ccc2Cl)n1. The lowest BCUT2D eigenvalue weighted by atomic mass is 10.3. The highest BCUT2D eigenvalue weighted by molar-refractivity contribution is 9.10. The van der Waals surface area contributed by atoms with Gasteiger partial charge >= 0.3 is 0 Å². The van der Waals surface area contributed by atoms with Gasteiger partial charge in [-0.15, -0.1) is 0 Å². The van der Waals surface area contributed by atoms with E-state index in [1.165, 1.54) is 0 Å². The number of hydrogen-bond acceptors (Lipinski definition) is 3. The first-order valence-corrected chi connectivity index (χ1v) is 7.17. The summed E-state index contributed by atoms with van der Waals surface area (Å²) in [5, 5.41) is 6.24. The van der Waals surface area contributed by atoms with Gasteiger partial charge in [-0.3, -0.25) is 4.79 Å². The average molecular weight is 375 g/mol. The van der Waals surface area contributed by atoms with Crippen LogP contribution in [-0.4, -0.2) is 17.9 Å². The molecule has 2 aromatic rings. The maximum absolute atomic E-state index is 12.2. The van der Waals surface area contributed by atoms with Gasteiger partial charge in [-0.05, 0) is 30.3 Å². The highest BCUT2D eigenvalue weighted by Crippen LogP contribution is 2.27. The number of amides is 1. The number of carbonyl (C=O) groups excluding carboxylic acids is 1. The van der Waals surface area contributed by atoms with Crippen molar-refractivity contribution in [1.29, 1.82) is 0 Å². The van der Waals surface area contributed by atoms with Gasteiger partial charge in [0.25, 0.3) is 5.91 Å². The van der Waals surface area contributed by atoms with Crippen molar-refractivity contribution in [3.8, 4) is 0 Å². The molecule has 0 bridgehead atoms. The van der Waals surface area contributed by atoms with E-state index in [-0.39, 0.29) is 10.7 Å². The Kier molecular flexibility index (Phi) is 4.86. The summed E-state index contributed by atoms with van der Waals surface area (Å²) in [6.45, 7) is 0. The second kappa shape index (κ2) is 6.43. The van der Waals surface area contributed by atoms with E-state index >= 15 is 0 Å². The number of nitrogens with zero attached hydrogens (tertiary/aromatic N) is 1. The number of halogens is 3. The largest absolute Gasteiger partial charge is 0.373 e. The second-order valence-corrected chi connectivity index (χ2v) is 5.59. The summed E-state index contributed by atoms with van der Waals surface area (Å²) in [6.07, 6.45) is 0. The van der Waals surface area contributed by atoms with Gasteiger partial charge < -0.3 is 10.6 Å². The van der Waals surface area contributed by atoms with Crippen LogP contribution in [0, 0.1) is 0 Å². The van der Waals surface area contributed by atoms with Crippen LogP contribution in [0.25, 0.3) is 0 Å². The molecule has 7 heteroatoms. The molecule has 0 unspecified atom stereocenters. The first-order chi connectivity index (χ1) is 9.51. The number of pyridine rings is 1. The van der Waals surface area contributed by atoms with E-state index in [4.69, 9.17) is 23.2 Å². The Hall–Kier alpha value is -1.30. The molecule has 2 rings (SSSR count). The Labute approximate surface area is 134 Å². The van der Waals surface area contributed by atoms with Crippen LogP contribution >= 0.6 is 39.1 Å². The highest BCUT2D eigenvalue weighted by Gasteiger charge is 2.14. The number of benzene rings is 1. The van der Waals surface area contributed by atoms with E-state index in [1.54, 1.807) is 37.4 Å². The number of hydrogen-bond donors (Lipinski definition) is 2. The molecule has 1 aromatic carbocycles. The summed E-state index contributed by atoms with van der Waals surface area (Å²) in [5.74, 6) is 0.131. The second-order valence-electron chi connectivity index (χ2n) is 3.86. The Morgan fingerprint density at radius 2 is 1.90 bits per heavy atom. The molecule has 0 aliphatic rings. The summed E-state index contributed by atoms with van der Waals surface area (Å²) < 4.78 is 0.806. The third kappa shape index (κ3) is 3.42. The van der Waals surface area contributed by atoms with Crippen molar-refractivity contribution in [2.75, 3.05) is 17.7 Å². The van der Waals surface area contributed by atoms with Crippen LogP contribution in [0.3, 0.4) is 0 Å². The molecule has 0 aliphatic heterocycles. The van der Waals surface area contributed by atoms with Gasteiger partial charge in [0.15, 0.2) is 0 Å². The van der Waals surface area contributed by atoms with E-state index < -0.39 is 5.91 Å². The molecule has 0 saturated heterocycles. The molecule has 0 atom stereocenters. The number of nitrogens with one attached hydrogen (secondary N) is 2. The Morgan fingerprint density at radius 1 is 1.20 bits per heavy atom. The fraction of sp³-hybridized carbons (Fsp3) is 0.0769. The minimum Gasteiger partial charge on any atom is -0.373 e. The minimum atomic E-state index is -0.424. The molecular formula is C13H10BrCl2N3O. The van der Waals surface area contributed by atoms with Gasteiger partial charge in [-0.25, -0.2) is 4.98 Å². The molecule has 0 saturated carbocycles. The predicted molar refractivity (Wildman–Crippen MR) is 85.9 cm³/mol. The van der Waals surface area contributed by atoms with Crippen LogP contribution in [0.5, 0.6) is 0 Å². The van der Waals surface area contributed by atoms with Gasteiger partial charge in [0.05, 0.1) is 15.7 Å².